The molecule has 0 bridgehead atoms. The Morgan fingerprint density at radius 1 is 1.09 bits per heavy atom. The summed E-state index contributed by atoms with van der Waals surface area (Å²) in [5.41, 5.74) is 4.19. The summed E-state index contributed by atoms with van der Waals surface area (Å²) >= 11 is 0. The van der Waals surface area contributed by atoms with E-state index in [4.69, 9.17) is 4.74 Å². The minimum atomic E-state index is 0.0171. The van der Waals surface area contributed by atoms with Crippen LogP contribution in [0.1, 0.15) is 11.3 Å². The summed E-state index contributed by atoms with van der Waals surface area (Å²) in [4.78, 5) is 32.8. The molecule has 2 aromatic carbocycles. The van der Waals surface area contributed by atoms with Gasteiger partial charge in [-0.15, -0.1) is 5.10 Å². The minimum Gasteiger partial charge on any atom is -0.482 e. The highest BCUT2D eigenvalue weighted by molar-refractivity contribution is 5.86. The molecule has 0 saturated carbocycles. The molecular weight excluding hydrogens is 432 g/mol. The Morgan fingerprint density at radius 3 is 2.50 bits per heavy atom. The number of ether oxygens (including phenoxy) is 1. The number of nitrogens with zero attached hydrogens (tertiary/aromatic N) is 6. The number of aryl methyl sites for hydroxylation is 1. The molecule has 3 aromatic rings. The van der Waals surface area contributed by atoms with Crippen LogP contribution < -0.4 is 0 Å². The van der Waals surface area contributed by atoms with Gasteiger partial charge in [-0.1, -0.05) is 54.6 Å². The van der Waals surface area contributed by atoms with Crippen molar-refractivity contribution in [3.63, 3.8) is 0 Å². The van der Waals surface area contributed by atoms with Crippen molar-refractivity contribution < 1.29 is 14.3 Å². The molecule has 0 radical (unpaired) electrons. The number of carbonyl (C=O) groups is 2. The fourth-order valence-corrected chi connectivity index (χ4v) is 3.18. The molecule has 9 nitrogen and oxygen atoms in total. The van der Waals surface area contributed by atoms with Crippen LogP contribution in [0.5, 0.6) is 0 Å². The molecule has 34 heavy (non-hydrogen) atoms. The van der Waals surface area contributed by atoms with E-state index in [1.165, 1.54) is 23.4 Å². The first-order valence-corrected chi connectivity index (χ1v) is 10.7. The van der Waals surface area contributed by atoms with Gasteiger partial charge in [0.15, 0.2) is 5.82 Å². The van der Waals surface area contributed by atoms with E-state index < -0.39 is 0 Å². The number of methoxy groups -OCH3 is 1. The van der Waals surface area contributed by atoms with Crippen molar-refractivity contribution in [1.82, 2.24) is 19.5 Å². The van der Waals surface area contributed by atoms with Crippen LogP contribution >= 0.6 is 0 Å². The lowest BCUT2D eigenvalue weighted by Gasteiger charge is -2.16. The smallest absolute Gasteiger partial charge is 0.229 e. The van der Waals surface area contributed by atoms with Crippen LogP contribution in [-0.2, 0) is 27.8 Å². The van der Waals surface area contributed by atoms with Crippen LogP contribution in [-0.4, -0.2) is 64.7 Å². The van der Waals surface area contributed by atoms with E-state index in [2.05, 4.69) is 39.3 Å². The third kappa shape index (κ3) is 6.61. The Bertz CT molecular complexity index is 1160. The van der Waals surface area contributed by atoms with Crippen molar-refractivity contribution >= 4 is 30.9 Å². The largest absolute Gasteiger partial charge is 0.482 e. The summed E-state index contributed by atoms with van der Waals surface area (Å²) in [5.74, 6) is 0.707. The van der Waals surface area contributed by atoms with Crippen molar-refractivity contribution in [2.24, 2.45) is 17.1 Å². The van der Waals surface area contributed by atoms with Crippen LogP contribution in [0, 0.1) is 6.92 Å². The SMILES string of the molecule is CO/C(CN(C=O)/C=N\c1ncn(C)c1C)=N\N(C=O)CCc1cccc(-c2ccccc2)c1. The van der Waals surface area contributed by atoms with Gasteiger partial charge in [0.25, 0.3) is 0 Å². The molecule has 0 N–H and O–H groups in total. The Balaban J connectivity index is 1.64. The molecule has 2 amide bonds. The molecule has 0 unspecified atom stereocenters. The first kappa shape index (κ1) is 24.4. The highest BCUT2D eigenvalue weighted by Crippen LogP contribution is 2.20. The van der Waals surface area contributed by atoms with Crippen molar-refractivity contribution in [1.29, 1.82) is 0 Å². The van der Waals surface area contributed by atoms with E-state index >= 15 is 0 Å². The first-order chi connectivity index (χ1) is 16.5. The van der Waals surface area contributed by atoms with E-state index in [-0.39, 0.29) is 12.4 Å². The van der Waals surface area contributed by atoms with E-state index in [0.717, 1.165) is 22.4 Å². The van der Waals surface area contributed by atoms with Gasteiger partial charge >= 0.3 is 0 Å². The number of hydrogen-bond acceptors (Lipinski definition) is 6. The molecule has 0 spiro atoms. The average molecular weight is 461 g/mol. The summed E-state index contributed by atoms with van der Waals surface area (Å²) in [6.45, 7) is 2.25. The lowest BCUT2D eigenvalue weighted by molar-refractivity contribution is -0.118. The van der Waals surface area contributed by atoms with Crippen LogP contribution in [0.3, 0.4) is 0 Å². The van der Waals surface area contributed by atoms with Crippen LogP contribution in [0.15, 0.2) is 71.0 Å². The van der Waals surface area contributed by atoms with Gasteiger partial charge in [-0.2, -0.15) is 0 Å². The number of imidazole rings is 1. The zero-order valence-electron chi connectivity index (χ0n) is 19.5. The summed E-state index contributed by atoms with van der Waals surface area (Å²) < 4.78 is 7.12. The third-order valence-electron chi connectivity index (χ3n) is 5.25. The monoisotopic (exact) mass is 460 g/mol. The topological polar surface area (TPSA) is 92.4 Å². The van der Waals surface area contributed by atoms with Gasteiger partial charge < -0.3 is 9.30 Å². The second kappa shape index (κ2) is 12.1. The molecule has 0 atom stereocenters. The van der Waals surface area contributed by atoms with Gasteiger partial charge in [0.1, 0.15) is 12.9 Å². The normalized spacial score (nSPS) is 11.4. The van der Waals surface area contributed by atoms with E-state index in [0.29, 0.717) is 31.6 Å². The standard InChI is InChI=1S/C25H28N6O3/c1-20-25(26-16-29(20)2)27-17-30(18-32)15-24(34-3)28-31(19-33)13-12-21-8-7-11-23(14-21)22-9-5-4-6-10-22/h4-11,14,16-19H,12-13,15H2,1-3H3/b27-17-,28-24-. The first-order valence-electron chi connectivity index (χ1n) is 10.7. The number of aliphatic imine (C=N–C) groups is 1. The number of aromatic nitrogens is 2. The second-order valence-corrected chi connectivity index (χ2v) is 7.57. The predicted octanol–water partition coefficient (Wildman–Crippen LogP) is 3.17. The molecule has 1 heterocycles. The molecule has 176 valence electrons. The Labute approximate surface area is 199 Å². The molecule has 0 fully saturated rings. The summed E-state index contributed by atoms with van der Waals surface area (Å²) in [6, 6.07) is 18.3. The van der Waals surface area contributed by atoms with Crippen molar-refractivity contribution in [3.8, 4) is 11.1 Å². The van der Waals surface area contributed by atoms with Gasteiger partial charge in [0.05, 0.1) is 19.1 Å². The number of amides is 2. The number of benzene rings is 2. The average Bonchev–Trinajstić information content (AvgIpc) is 3.20. The molecule has 0 aliphatic heterocycles. The quantitative estimate of drug-likeness (QED) is 0.190. The van der Waals surface area contributed by atoms with Crippen molar-refractivity contribution in [2.75, 3.05) is 20.2 Å². The lowest BCUT2D eigenvalue weighted by Crippen LogP contribution is -2.31. The van der Waals surface area contributed by atoms with Gasteiger partial charge in [0.2, 0.25) is 18.7 Å². The maximum absolute atomic E-state index is 11.6. The number of hydrogen-bond donors (Lipinski definition) is 0. The van der Waals surface area contributed by atoms with E-state index in [1.54, 1.807) is 6.33 Å². The van der Waals surface area contributed by atoms with Gasteiger partial charge in [-0.3, -0.25) is 14.5 Å². The van der Waals surface area contributed by atoms with E-state index in [9.17, 15) is 9.59 Å². The Kier molecular flexibility index (Phi) is 8.67. The maximum atomic E-state index is 11.6. The Morgan fingerprint density at radius 2 is 1.85 bits per heavy atom. The predicted molar refractivity (Wildman–Crippen MR) is 132 cm³/mol. The van der Waals surface area contributed by atoms with Crippen LogP contribution in [0.4, 0.5) is 5.82 Å². The molecule has 3 rings (SSSR count). The molecule has 0 saturated heterocycles. The fourth-order valence-electron chi connectivity index (χ4n) is 3.18. The minimum absolute atomic E-state index is 0.0171. The molecule has 9 heteroatoms. The second-order valence-electron chi connectivity index (χ2n) is 7.57. The Hall–Kier alpha value is -4.27. The third-order valence-corrected chi connectivity index (χ3v) is 5.25. The molecule has 0 aliphatic carbocycles. The van der Waals surface area contributed by atoms with Crippen molar-refractivity contribution in [2.45, 2.75) is 13.3 Å². The van der Waals surface area contributed by atoms with Crippen molar-refractivity contribution in [3.05, 3.63) is 72.2 Å². The zero-order chi connectivity index (χ0) is 24.3. The molecule has 1 aromatic heterocycles. The molecular formula is C25H28N6O3. The number of carbonyl (C=O) groups excluding carboxylic acids is 2. The highest BCUT2D eigenvalue weighted by atomic mass is 16.5. The van der Waals surface area contributed by atoms with Gasteiger partial charge in [-0.25, -0.2) is 15.0 Å². The maximum Gasteiger partial charge on any atom is 0.229 e. The van der Waals surface area contributed by atoms with Crippen LogP contribution in [0.2, 0.25) is 0 Å². The number of rotatable bonds is 11. The highest BCUT2D eigenvalue weighted by Gasteiger charge is 2.10. The van der Waals surface area contributed by atoms with Gasteiger partial charge in [0, 0.05) is 13.6 Å². The zero-order valence-corrected chi connectivity index (χ0v) is 19.5. The lowest BCUT2D eigenvalue weighted by atomic mass is 10.0. The molecule has 0 aliphatic rings. The number of hydrazone groups is 1. The van der Waals surface area contributed by atoms with Gasteiger partial charge in [-0.05, 0) is 30.0 Å². The summed E-state index contributed by atoms with van der Waals surface area (Å²) in [6.07, 6.45) is 4.86. The van der Waals surface area contributed by atoms with E-state index in [1.807, 2.05) is 48.9 Å². The van der Waals surface area contributed by atoms with Crippen LogP contribution in [0.25, 0.3) is 11.1 Å². The summed E-state index contributed by atoms with van der Waals surface area (Å²) in [5, 5.41) is 5.51. The fraction of sp³-hybridized carbons (Fsp3) is 0.240. The summed E-state index contributed by atoms with van der Waals surface area (Å²) in [7, 11) is 3.30.